The van der Waals surface area contributed by atoms with E-state index in [0.717, 1.165) is 50.9 Å². The van der Waals surface area contributed by atoms with E-state index in [-0.39, 0.29) is 28.7 Å². The summed E-state index contributed by atoms with van der Waals surface area (Å²) in [5.74, 6) is 0.321. The van der Waals surface area contributed by atoms with Gasteiger partial charge in [0, 0.05) is 44.3 Å². The topological polar surface area (TPSA) is 53.0 Å². The molecular formula is C27H34N2O3. The number of likely N-dealkylation sites (tertiary alicyclic amines) is 1. The summed E-state index contributed by atoms with van der Waals surface area (Å²) in [4.78, 5) is 17.5. The van der Waals surface area contributed by atoms with Gasteiger partial charge >= 0.3 is 0 Å². The molecule has 0 spiro atoms. The summed E-state index contributed by atoms with van der Waals surface area (Å²) in [5, 5.41) is 10.3. The number of benzene rings is 2. The number of nitrogens with zero attached hydrogens (tertiary/aromatic N) is 2. The predicted octanol–water partition coefficient (Wildman–Crippen LogP) is 4.23. The molecule has 4 rings (SSSR count). The lowest BCUT2D eigenvalue weighted by molar-refractivity contribution is -0.151. The van der Waals surface area contributed by atoms with E-state index >= 15 is 0 Å². The van der Waals surface area contributed by atoms with Gasteiger partial charge in [0.05, 0.1) is 5.60 Å². The van der Waals surface area contributed by atoms with Gasteiger partial charge in [0.15, 0.2) is 0 Å². The van der Waals surface area contributed by atoms with Gasteiger partial charge in [-0.2, -0.15) is 0 Å². The van der Waals surface area contributed by atoms with Gasteiger partial charge in [-0.1, -0.05) is 36.4 Å². The molecule has 0 bridgehead atoms. The minimum Gasteiger partial charge on any atom is -0.508 e. The Morgan fingerprint density at radius 1 is 1.25 bits per heavy atom. The Balaban J connectivity index is 1.71. The third kappa shape index (κ3) is 3.84. The molecule has 0 radical (unpaired) electrons. The highest BCUT2D eigenvalue weighted by atomic mass is 16.5. The van der Waals surface area contributed by atoms with Crippen LogP contribution in [0.4, 0.5) is 0 Å². The molecule has 5 nitrogen and oxygen atoms in total. The van der Waals surface area contributed by atoms with Gasteiger partial charge in [-0.3, -0.25) is 9.69 Å². The van der Waals surface area contributed by atoms with E-state index < -0.39 is 0 Å². The van der Waals surface area contributed by atoms with Gasteiger partial charge < -0.3 is 14.7 Å². The fraction of sp³-hybridized carbons (Fsp3) is 0.444. The zero-order valence-corrected chi connectivity index (χ0v) is 19.2. The standard InChI is InChI=1S/C27H34N2O3/c1-4-16-29-17-15-26(22-11-8-12-24(30)18-22)19-23(13-14-27(26,20-29)32-3)28(2)25(31)21-9-6-5-7-10-21/h4-12,18,23,30H,1,13-17,19-20H2,2-3H3/t23-,26?,27?/m1/s1. The Morgan fingerprint density at radius 3 is 2.72 bits per heavy atom. The summed E-state index contributed by atoms with van der Waals surface area (Å²) >= 11 is 0. The molecule has 1 saturated carbocycles. The summed E-state index contributed by atoms with van der Waals surface area (Å²) in [6, 6.07) is 17.2. The maximum absolute atomic E-state index is 13.2. The molecule has 2 unspecified atom stereocenters. The number of amides is 1. The minimum atomic E-state index is -0.380. The second-order valence-electron chi connectivity index (χ2n) is 9.28. The Hall–Kier alpha value is -2.63. The summed E-state index contributed by atoms with van der Waals surface area (Å²) < 4.78 is 6.37. The van der Waals surface area contributed by atoms with Crippen LogP contribution < -0.4 is 0 Å². The molecule has 2 aromatic carbocycles. The zero-order chi connectivity index (χ0) is 22.8. The van der Waals surface area contributed by atoms with Crippen LogP contribution in [0, 0.1) is 0 Å². The molecule has 32 heavy (non-hydrogen) atoms. The number of hydrogen-bond acceptors (Lipinski definition) is 4. The lowest BCUT2D eigenvalue weighted by atomic mass is 9.55. The summed E-state index contributed by atoms with van der Waals surface area (Å²) in [6.45, 7) is 6.49. The SMILES string of the molecule is C=CCN1CCC2(c3cccc(O)c3)C[C@H](N(C)C(=O)c3ccccc3)CCC2(OC)C1. The number of piperidine rings is 1. The molecule has 1 saturated heterocycles. The first-order valence-electron chi connectivity index (χ1n) is 11.4. The quantitative estimate of drug-likeness (QED) is 0.692. The fourth-order valence-corrected chi connectivity index (χ4v) is 5.99. The number of rotatable bonds is 6. The van der Waals surface area contributed by atoms with Crippen molar-refractivity contribution in [3.05, 3.63) is 78.4 Å². The van der Waals surface area contributed by atoms with Crippen LogP contribution in [-0.2, 0) is 10.2 Å². The van der Waals surface area contributed by atoms with Crippen molar-refractivity contribution in [3.63, 3.8) is 0 Å². The Bertz CT molecular complexity index is 962. The molecule has 2 aromatic rings. The van der Waals surface area contributed by atoms with Crippen molar-refractivity contribution in [3.8, 4) is 5.75 Å². The van der Waals surface area contributed by atoms with E-state index in [1.54, 1.807) is 6.07 Å². The molecule has 170 valence electrons. The number of phenols is 1. The maximum atomic E-state index is 13.2. The Morgan fingerprint density at radius 2 is 2.03 bits per heavy atom. The minimum absolute atomic E-state index is 0.0515. The van der Waals surface area contributed by atoms with Gasteiger partial charge in [-0.05, 0) is 62.1 Å². The first-order valence-corrected chi connectivity index (χ1v) is 11.4. The Kier molecular flexibility index (Phi) is 6.40. The molecule has 1 amide bonds. The molecule has 1 N–H and O–H groups in total. The second kappa shape index (κ2) is 9.08. The number of carbonyl (C=O) groups is 1. The highest BCUT2D eigenvalue weighted by molar-refractivity contribution is 5.94. The van der Waals surface area contributed by atoms with E-state index in [1.165, 1.54) is 0 Å². The van der Waals surface area contributed by atoms with E-state index in [4.69, 9.17) is 4.74 Å². The largest absolute Gasteiger partial charge is 0.508 e. The molecule has 1 aliphatic heterocycles. The molecule has 2 fully saturated rings. The number of methoxy groups -OCH3 is 1. The lowest BCUT2D eigenvalue weighted by Crippen LogP contribution is -2.68. The van der Waals surface area contributed by atoms with Crippen molar-refractivity contribution in [1.29, 1.82) is 0 Å². The van der Waals surface area contributed by atoms with Crippen LogP contribution in [0.5, 0.6) is 5.75 Å². The molecule has 1 aliphatic carbocycles. The van der Waals surface area contributed by atoms with Gasteiger partial charge in [0.1, 0.15) is 5.75 Å². The predicted molar refractivity (Wildman–Crippen MR) is 127 cm³/mol. The van der Waals surface area contributed by atoms with E-state index in [9.17, 15) is 9.90 Å². The third-order valence-electron chi connectivity index (χ3n) is 7.74. The number of carbonyl (C=O) groups excluding carboxylic acids is 1. The van der Waals surface area contributed by atoms with Crippen molar-refractivity contribution in [2.24, 2.45) is 0 Å². The van der Waals surface area contributed by atoms with Crippen molar-refractivity contribution >= 4 is 5.91 Å². The van der Waals surface area contributed by atoms with Crippen molar-refractivity contribution in [2.45, 2.75) is 42.7 Å². The van der Waals surface area contributed by atoms with Crippen LogP contribution in [0.15, 0.2) is 67.3 Å². The van der Waals surface area contributed by atoms with Crippen LogP contribution >= 0.6 is 0 Å². The highest BCUT2D eigenvalue weighted by Crippen LogP contribution is 2.54. The summed E-state index contributed by atoms with van der Waals surface area (Å²) in [5.41, 5.74) is 1.15. The normalized spacial score (nSPS) is 28.0. The molecule has 3 atom stereocenters. The average Bonchev–Trinajstić information content (AvgIpc) is 2.83. The Labute approximate surface area is 191 Å². The van der Waals surface area contributed by atoms with Crippen molar-refractivity contribution in [2.75, 3.05) is 33.8 Å². The number of ether oxygens (including phenoxy) is 1. The number of phenolic OH excluding ortho intramolecular Hbond substituents is 1. The van der Waals surface area contributed by atoms with Gasteiger partial charge in [-0.15, -0.1) is 6.58 Å². The molecule has 2 aliphatic rings. The summed E-state index contributed by atoms with van der Waals surface area (Å²) in [6.07, 6.45) is 5.39. The second-order valence-corrected chi connectivity index (χ2v) is 9.28. The molecule has 5 heteroatoms. The van der Waals surface area contributed by atoms with Gasteiger partial charge in [-0.25, -0.2) is 0 Å². The molecular weight excluding hydrogens is 400 g/mol. The number of fused-ring (bicyclic) bond motifs is 1. The van der Waals surface area contributed by atoms with Crippen LogP contribution in [0.1, 0.15) is 41.6 Å². The lowest BCUT2D eigenvalue weighted by Gasteiger charge is -2.60. The van der Waals surface area contributed by atoms with E-state index in [2.05, 4.69) is 17.5 Å². The first kappa shape index (κ1) is 22.6. The van der Waals surface area contributed by atoms with Crippen LogP contribution in [0.3, 0.4) is 0 Å². The van der Waals surface area contributed by atoms with E-state index in [0.29, 0.717) is 5.56 Å². The highest BCUT2D eigenvalue weighted by Gasteiger charge is 2.59. The van der Waals surface area contributed by atoms with Gasteiger partial charge in [0.2, 0.25) is 0 Å². The zero-order valence-electron chi connectivity index (χ0n) is 19.2. The number of aromatic hydroxyl groups is 1. The number of hydrogen-bond donors (Lipinski definition) is 1. The molecule has 0 aromatic heterocycles. The monoisotopic (exact) mass is 434 g/mol. The fourth-order valence-electron chi connectivity index (χ4n) is 5.99. The average molecular weight is 435 g/mol. The third-order valence-corrected chi connectivity index (χ3v) is 7.74. The smallest absolute Gasteiger partial charge is 0.253 e. The van der Waals surface area contributed by atoms with E-state index in [1.807, 2.05) is 67.6 Å². The van der Waals surface area contributed by atoms with Crippen LogP contribution in [-0.4, -0.2) is 66.2 Å². The molecule has 1 heterocycles. The van der Waals surface area contributed by atoms with Crippen molar-refractivity contribution in [1.82, 2.24) is 9.80 Å². The van der Waals surface area contributed by atoms with Crippen LogP contribution in [0.2, 0.25) is 0 Å². The summed E-state index contributed by atoms with van der Waals surface area (Å²) in [7, 11) is 3.73. The van der Waals surface area contributed by atoms with Gasteiger partial charge in [0.25, 0.3) is 5.91 Å². The van der Waals surface area contributed by atoms with Crippen molar-refractivity contribution < 1.29 is 14.6 Å². The first-order chi connectivity index (χ1) is 15.4. The maximum Gasteiger partial charge on any atom is 0.253 e. The van der Waals surface area contributed by atoms with Crippen LogP contribution in [0.25, 0.3) is 0 Å².